The Kier molecular flexibility index (Phi) is 1.87. The van der Waals surface area contributed by atoms with Crippen molar-refractivity contribution in [1.82, 2.24) is 0 Å². The third kappa shape index (κ3) is 1.07. The maximum absolute atomic E-state index is 6.31. The predicted molar refractivity (Wildman–Crippen MR) is 58.9 cm³/mol. The molecule has 3 aliphatic rings. The Balaban J connectivity index is 1.87. The van der Waals surface area contributed by atoms with Crippen LogP contribution < -0.4 is 0 Å². The smallest absolute Gasteiger partial charge is 0.121 e. The quantitative estimate of drug-likeness (QED) is 0.713. The molecule has 0 N–H and O–H groups in total. The van der Waals surface area contributed by atoms with Crippen molar-refractivity contribution in [2.75, 3.05) is 0 Å². The average Bonchev–Trinajstić information content (AvgIpc) is 2.32. The minimum atomic E-state index is 0.0369. The molecule has 0 aromatic carbocycles. The molecule has 0 aromatic heterocycles. The van der Waals surface area contributed by atoms with Gasteiger partial charge in [-0.25, -0.2) is 0 Å². The van der Waals surface area contributed by atoms with Crippen molar-refractivity contribution in [3.05, 3.63) is 0 Å². The molecule has 15 heavy (non-hydrogen) atoms. The Morgan fingerprint density at radius 3 is 2.87 bits per heavy atom. The Bertz CT molecular complexity index is 290. The van der Waals surface area contributed by atoms with Crippen LogP contribution in [0.3, 0.4) is 0 Å². The first-order valence-electron chi connectivity index (χ1n) is 6.42. The fourth-order valence-electron chi connectivity index (χ4n) is 4.03. The zero-order chi connectivity index (χ0) is 10.7. The summed E-state index contributed by atoms with van der Waals surface area (Å²) in [4.78, 5) is 0. The van der Waals surface area contributed by atoms with Gasteiger partial charge in [0.25, 0.3) is 0 Å². The van der Waals surface area contributed by atoms with Crippen molar-refractivity contribution in [2.24, 2.45) is 0 Å². The van der Waals surface area contributed by atoms with Crippen molar-refractivity contribution in [1.29, 1.82) is 0 Å². The van der Waals surface area contributed by atoms with Crippen LogP contribution in [0.15, 0.2) is 0 Å². The van der Waals surface area contributed by atoms with E-state index in [9.17, 15) is 0 Å². The van der Waals surface area contributed by atoms with Crippen LogP contribution in [0.4, 0.5) is 0 Å². The summed E-state index contributed by atoms with van der Waals surface area (Å²) < 4.78 is 12.5. The molecule has 3 rings (SSSR count). The van der Waals surface area contributed by atoms with Gasteiger partial charge in [0.1, 0.15) is 11.2 Å². The van der Waals surface area contributed by atoms with Gasteiger partial charge in [-0.05, 0) is 33.1 Å². The summed E-state index contributed by atoms with van der Waals surface area (Å²) in [6, 6.07) is 0. The van der Waals surface area contributed by atoms with E-state index in [1.165, 1.54) is 32.1 Å². The highest BCUT2D eigenvalue weighted by atomic mass is 16.7. The molecule has 2 bridgehead atoms. The molecule has 0 aliphatic carbocycles. The molecule has 4 atom stereocenters. The number of unbranched alkanes of at least 4 members (excludes halogenated alkanes) is 1. The van der Waals surface area contributed by atoms with E-state index < -0.39 is 0 Å². The predicted octanol–water partition coefficient (Wildman–Crippen LogP) is 3.05. The fourth-order valence-corrected chi connectivity index (χ4v) is 4.03. The van der Waals surface area contributed by atoms with Gasteiger partial charge in [0.2, 0.25) is 0 Å². The molecule has 0 saturated carbocycles. The van der Waals surface area contributed by atoms with Crippen molar-refractivity contribution in [3.8, 4) is 0 Å². The molecule has 3 saturated heterocycles. The number of hydrogen-bond donors (Lipinski definition) is 0. The van der Waals surface area contributed by atoms with Crippen LogP contribution in [0.25, 0.3) is 0 Å². The monoisotopic (exact) mass is 210 g/mol. The zero-order valence-electron chi connectivity index (χ0n) is 10.1. The Hall–Kier alpha value is -0.0800. The van der Waals surface area contributed by atoms with E-state index >= 15 is 0 Å². The molecule has 0 aromatic rings. The minimum absolute atomic E-state index is 0.0369. The fraction of sp³-hybridized carbons (Fsp3) is 1.00. The lowest BCUT2D eigenvalue weighted by Gasteiger charge is -2.59. The Morgan fingerprint density at radius 1 is 1.33 bits per heavy atom. The highest BCUT2D eigenvalue weighted by Gasteiger charge is 2.74. The van der Waals surface area contributed by atoms with Gasteiger partial charge in [0.15, 0.2) is 0 Å². The molecule has 2 nitrogen and oxygen atoms in total. The first-order valence-corrected chi connectivity index (χ1v) is 6.42. The third-order valence-corrected chi connectivity index (χ3v) is 4.87. The maximum Gasteiger partial charge on any atom is 0.121 e. The molecular weight excluding hydrogens is 188 g/mol. The molecule has 86 valence electrons. The molecule has 0 radical (unpaired) electrons. The maximum atomic E-state index is 6.31. The summed E-state index contributed by atoms with van der Waals surface area (Å²) in [5, 5.41) is 0. The standard InChI is InChI=1S/C13H22O2/c1-4-5-7-13-9-11(2)8-6-10(14-13)12(13,3)15-11/h10H,4-9H2,1-3H3/t10-,11-,12+,13+/m1/s1. The van der Waals surface area contributed by atoms with Crippen molar-refractivity contribution in [2.45, 2.75) is 82.2 Å². The first kappa shape index (κ1) is 10.1. The van der Waals surface area contributed by atoms with Crippen LogP contribution in [0.2, 0.25) is 0 Å². The van der Waals surface area contributed by atoms with Gasteiger partial charge in [-0.2, -0.15) is 0 Å². The molecule has 3 heterocycles. The van der Waals surface area contributed by atoms with E-state index in [4.69, 9.17) is 9.47 Å². The lowest BCUT2D eigenvalue weighted by molar-refractivity contribution is -0.345. The van der Waals surface area contributed by atoms with Crippen LogP contribution in [0.1, 0.15) is 59.3 Å². The normalized spacial score (nSPS) is 56.6. The highest BCUT2D eigenvalue weighted by molar-refractivity contribution is 5.23. The number of ether oxygens (including phenoxy) is 2. The summed E-state index contributed by atoms with van der Waals surface area (Å²) in [5.74, 6) is 0. The third-order valence-electron chi connectivity index (χ3n) is 4.87. The summed E-state index contributed by atoms with van der Waals surface area (Å²) in [7, 11) is 0. The van der Waals surface area contributed by atoms with Gasteiger partial charge >= 0.3 is 0 Å². The van der Waals surface area contributed by atoms with E-state index in [0.717, 1.165) is 6.42 Å². The van der Waals surface area contributed by atoms with Crippen LogP contribution >= 0.6 is 0 Å². The van der Waals surface area contributed by atoms with Gasteiger partial charge in [-0.15, -0.1) is 0 Å². The zero-order valence-corrected chi connectivity index (χ0v) is 10.1. The van der Waals surface area contributed by atoms with E-state index in [1.54, 1.807) is 0 Å². The average molecular weight is 210 g/mol. The lowest BCUT2D eigenvalue weighted by Crippen LogP contribution is -2.70. The van der Waals surface area contributed by atoms with Gasteiger partial charge in [0, 0.05) is 6.42 Å². The van der Waals surface area contributed by atoms with Crippen molar-refractivity contribution < 1.29 is 9.47 Å². The van der Waals surface area contributed by atoms with Gasteiger partial charge in [0.05, 0.1) is 11.7 Å². The van der Waals surface area contributed by atoms with E-state index in [1.807, 2.05) is 0 Å². The molecule has 0 amide bonds. The van der Waals surface area contributed by atoms with Gasteiger partial charge in [-0.3, -0.25) is 0 Å². The largest absolute Gasteiger partial charge is 0.365 e. The molecule has 0 unspecified atom stereocenters. The van der Waals surface area contributed by atoms with Crippen molar-refractivity contribution >= 4 is 0 Å². The molecular formula is C13H22O2. The number of rotatable bonds is 3. The highest BCUT2D eigenvalue weighted by Crippen LogP contribution is 2.64. The van der Waals surface area contributed by atoms with Crippen LogP contribution in [0, 0.1) is 0 Å². The lowest BCUT2D eigenvalue weighted by atomic mass is 9.71. The van der Waals surface area contributed by atoms with E-state index in [2.05, 4.69) is 20.8 Å². The van der Waals surface area contributed by atoms with Gasteiger partial charge in [-0.1, -0.05) is 19.8 Å². The molecule has 3 fully saturated rings. The number of hydrogen-bond acceptors (Lipinski definition) is 2. The van der Waals surface area contributed by atoms with Crippen molar-refractivity contribution in [3.63, 3.8) is 0 Å². The topological polar surface area (TPSA) is 18.5 Å². The minimum Gasteiger partial charge on any atom is -0.365 e. The van der Waals surface area contributed by atoms with Crippen LogP contribution in [-0.4, -0.2) is 22.9 Å². The molecule has 0 spiro atoms. The van der Waals surface area contributed by atoms with Crippen LogP contribution in [0.5, 0.6) is 0 Å². The second-order valence-corrected chi connectivity index (χ2v) is 6.08. The number of fused-ring (bicyclic) bond motifs is 1. The molecule has 3 aliphatic heterocycles. The summed E-state index contributed by atoms with van der Waals surface area (Å²) >= 11 is 0. The molecule has 2 heteroatoms. The SMILES string of the molecule is CCCC[C@@]12C[C@@]3(C)CC[C@@H](O1)[C@]2(C)O3. The van der Waals surface area contributed by atoms with E-state index in [-0.39, 0.29) is 16.8 Å². The second kappa shape index (κ2) is 2.78. The first-order chi connectivity index (χ1) is 7.04. The summed E-state index contributed by atoms with van der Waals surface area (Å²) in [6.07, 6.45) is 7.58. The summed E-state index contributed by atoms with van der Waals surface area (Å²) in [5.41, 5.74) is 0.212. The Morgan fingerprint density at radius 2 is 2.13 bits per heavy atom. The van der Waals surface area contributed by atoms with E-state index in [0.29, 0.717) is 6.10 Å². The summed E-state index contributed by atoms with van der Waals surface area (Å²) in [6.45, 7) is 6.80. The van der Waals surface area contributed by atoms with Gasteiger partial charge < -0.3 is 9.47 Å². The second-order valence-electron chi connectivity index (χ2n) is 6.08. The van der Waals surface area contributed by atoms with Crippen LogP contribution in [-0.2, 0) is 9.47 Å². The Labute approximate surface area is 92.3 Å².